The molecule has 35 heavy (non-hydrogen) atoms. The lowest BCUT2D eigenvalue weighted by molar-refractivity contribution is -0.136. The summed E-state index contributed by atoms with van der Waals surface area (Å²) in [6, 6.07) is 13.1. The third-order valence-electron chi connectivity index (χ3n) is 7.70. The number of hydrogen-bond donors (Lipinski definition) is 1. The van der Waals surface area contributed by atoms with E-state index < -0.39 is 11.9 Å². The maximum atomic E-state index is 15.1. The Bertz CT molecular complexity index is 1110. The predicted octanol–water partition coefficient (Wildman–Crippen LogP) is 3.79. The van der Waals surface area contributed by atoms with Crippen LogP contribution < -0.4 is 5.32 Å². The Balaban J connectivity index is 1.15. The molecular formula is C28H32FN3O3. The van der Waals surface area contributed by atoms with Crippen molar-refractivity contribution in [1.29, 1.82) is 0 Å². The van der Waals surface area contributed by atoms with E-state index in [-0.39, 0.29) is 36.5 Å². The molecule has 1 N–H and O–H groups in total. The molecule has 0 aromatic heterocycles. The number of carbonyl (C=O) groups is 3. The number of imide groups is 1. The highest BCUT2D eigenvalue weighted by molar-refractivity contribution is 6.05. The lowest BCUT2D eigenvalue weighted by Crippen LogP contribution is -2.52. The van der Waals surface area contributed by atoms with Gasteiger partial charge in [0.1, 0.15) is 11.9 Å². The number of hydrogen-bond acceptors (Lipinski definition) is 4. The summed E-state index contributed by atoms with van der Waals surface area (Å²) in [5.74, 6) is -1.28. The van der Waals surface area contributed by atoms with Crippen LogP contribution in [0.25, 0.3) is 0 Å². The minimum absolute atomic E-state index is 0.139. The number of benzene rings is 2. The van der Waals surface area contributed by atoms with Crippen molar-refractivity contribution < 1.29 is 18.8 Å². The number of fused-ring (bicyclic) bond motifs is 1. The van der Waals surface area contributed by atoms with E-state index in [1.54, 1.807) is 0 Å². The number of nitrogens with zero attached hydrogens (tertiary/aromatic N) is 2. The molecule has 2 aromatic rings. The average Bonchev–Trinajstić information content (AvgIpc) is 3.17. The standard InChI is InChI=1S/C28H32FN3O3/c29-24-17-23-21(18-32(28(23)35)25-9-10-26(33)30-27(25)34)16-22(24)20-11-14-31(15-12-20)13-5-4-8-19-6-2-1-3-7-19/h1-3,6-7,16-17,20,25H,4-5,8-15,18H2,(H,30,33,34). The van der Waals surface area contributed by atoms with Gasteiger partial charge in [0.25, 0.3) is 5.91 Å². The van der Waals surface area contributed by atoms with Crippen molar-refractivity contribution in [2.24, 2.45) is 0 Å². The Labute approximate surface area is 205 Å². The molecule has 1 unspecified atom stereocenters. The number of carbonyl (C=O) groups excluding carboxylic acids is 3. The van der Waals surface area contributed by atoms with E-state index >= 15 is 4.39 Å². The van der Waals surface area contributed by atoms with Gasteiger partial charge in [-0.15, -0.1) is 0 Å². The van der Waals surface area contributed by atoms with E-state index in [4.69, 9.17) is 0 Å². The Morgan fingerprint density at radius 3 is 2.49 bits per heavy atom. The van der Waals surface area contributed by atoms with Crippen molar-refractivity contribution in [3.05, 3.63) is 70.5 Å². The molecule has 0 saturated carbocycles. The Morgan fingerprint density at radius 2 is 1.74 bits per heavy atom. The maximum Gasteiger partial charge on any atom is 0.255 e. The van der Waals surface area contributed by atoms with Crippen molar-refractivity contribution in [2.75, 3.05) is 19.6 Å². The van der Waals surface area contributed by atoms with Crippen LogP contribution in [-0.2, 0) is 22.6 Å². The normalized spacial score (nSPS) is 21.3. The third kappa shape index (κ3) is 5.15. The first-order valence-electron chi connectivity index (χ1n) is 12.7. The molecule has 184 valence electrons. The first-order chi connectivity index (χ1) is 17.0. The second-order valence-corrected chi connectivity index (χ2v) is 9.99. The molecule has 3 heterocycles. The average molecular weight is 478 g/mol. The first-order valence-corrected chi connectivity index (χ1v) is 12.7. The molecule has 6 nitrogen and oxygen atoms in total. The van der Waals surface area contributed by atoms with Gasteiger partial charge < -0.3 is 9.80 Å². The highest BCUT2D eigenvalue weighted by atomic mass is 19.1. The quantitative estimate of drug-likeness (QED) is 0.487. The summed E-state index contributed by atoms with van der Waals surface area (Å²) < 4.78 is 15.1. The number of nitrogens with one attached hydrogen (secondary N) is 1. The van der Waals surface area contributed by atoms with E-state index in [9.17, 15) is 14.4 Å². The molecule has 5 rings (SSSR count). The topological polar surface area (TPSA) is 69.7 Å². The molecule has 2 aromatic carbocycles. The fraction of sp³-hybridized carbons (Fsp3) is 0.464. The maximum absolute atomic E-state index is 15.1. The molecule has 0 spiro atoms. The summed E-state index contributed by atoms with van der Waals surface area (Å²) >= 11 is 0. The van der Waals surface area contributed by atoms with Gasteiger partial charge in [-0.25, -0.2) is 4.39 Å². The monoisotopic (exact) mass is 477 g/mol. The van der Waals surface area contributed by atoms with E-state index in [0.717, 1.165) is 50.9 Å². The molecule has 3 amide bonds. The zero-order valence-electron chi connectivity index (χ0n) is 20.0. The number of piperidine rings is 2. The van der Waals surface area contributed by atoms with E-state index in [1.807, 2.05) is 12.1 Å². The van der Waals surface area contributed by atoms with Gasteiger partial charge in [0.15, 0.2) is 0 Å². The van der Waals surface area contributed by atoms with Gasteiger partial charge in [0.05, 0.1) is 0 Å². The van der Waals surface area contributed by atoms with E-state index in [1.165, 1.54) is 23.0 Å². The molecule has 0 aliphatic carbocycles. The number of rotatable bonds is 7. The van der Waals surface area contributed by atoms with Crippen LogP contribution in [0.5, 0.6) is 0 Å². The van der Waals surface area contributed by atoms with Gasteiger partial charge in [-0.3, -0.25) is 19.7 Å². The molecular weight excluding hydrogens is 445 g/mol. The Kier molecular flexibility index (Phi) is 6.95. The fourth-order valence-electron chi connectivity index (χ4n) is 5.70. The van der Waals surface area contributed by atoms with Crippen molar-refractivity contribution in [1.82, 2.24) is 15.1 Å². The molecule has 0 radical (unpaired) electrons. The zero-order valence-corrected chi connectivity index (χ0v) is 20.0. The van der Waals surface area contributed by atoms with E-state index in [0.29, 0.717) is 17.5 Å². The van der Waals surface area contributed by atoms with Crippen LogP contribution in [0.4, 0.5) is 4.39 Å². The smallest absolute Gasteiger partial charge is 0.255 e. The third-order valence-corrected chi connectivity index (χ3v) is 7.70. The summed E-state index contributed by atoms with van der Waals surface area (Å²) in [7, 11) is 0. The molecule has 2 fully saturated rings. The van der Waals surface area contributed by atoms with Crippen molar-refractivity contribution >= 4 is 17.7 Å². The summed E-state index contributed by atoms with van der Waals surface area (Å²) in [5.41, 5.74) is 3.18. The van der Waals surface area contributed by atoms with Gasteiger partial charge in [-0.2, -0.15) is 0 Å². The van der Waals surface area contributed by atoms with Crippen molar-refractivity contribution in [3.8, 4) is 0 Å². The van der Waals surface area contributed by atoms with Crippen LogP contribution in [0.15, 0.2) is 42.5 Å². The molecule has 2 saturated heterocycles. The Morgan fingerprint density at radius 1 is 0.971 bits per heavy atom. The van der Waals surface area contributed by atoms with E-state index in [2.05, 4.69) is 34.5 Å². The lowest BCUT2D eigenvalue weighted by atomic mass is 9.87. The van der Waals surface area contributed by atoms with Crippen LogP contribution in [0.1, 0.15) is 71.5 Å². The lowest BCUT2D eigenvalue weighted by Gasteiger charge is -2.32. The van der Waals surface area contributed by atoms with Crippen LogP contribution in [0.2, 0.25) is 0 Å². The summed E-state index contributed by atoms with van der Waals surface area (Å²) in [4.78, 5) is 40.6. The minimum Gasteiger partial charge on any atom is -0.322 e. The summed E-state index contributed by atoms with van der Waals surface area (Å²) in [6.45, 7) is 3.26. The summed E-state index contributed by atoms with van der Waals surface area (Å²) in [5, 5.41) is 2.31. The second kappa shape index (κ2) is 10.3. The molecule has 7 heteroatoms. The van der Waals surface area contributed by atoms with Gasteiger partial charge in [-0.1, -0.05) is 36.4 Å². The SMILES string of the molecule is O=C1CCC(N2Cc3cc(C4CCN(CCCCc5ccccc5)CC4)c(F)cc3C2=O)C(=O)N1. The highest BCUT2D eigenvalue weighted by Crippen LogP contribution is 2.35. The van der Waals surface area contributed by atoms with Gasteiger partial charge in [0.2, 0.25) is 11.8 Å². The van der Waals surface area contributed by atoms with Crippen molar-refractivity contribution in [2.45, 2.75) is 63.5 Å². The number of amides is 3. The Hall–Kier alpha value is -3.06. The van der Waals surface area contributed by atoms with Gasteiger partial charge in [0, 0.05) is 18.5 Å². The predicted molar refractivity (Wildman–Crippen MR) is 130 cm³/mol. The molecule has 3 aliphatic heterocycles. The zero-order chi connectivity index (χ0) is 24.4. The van der Waals surface area contributed by atoms with Crippen LogP contribution in [-0.4, -0.2) is 53.2 Å². The summed E-state index contributed by atoms with van der Waals surface area (Å²) in [6.07, 6.45) is 5.75. The number of likely N-dealkylation sites (tertiary alicyclic amines) is 1. The second-order valence-electron chi connectivity index (χ2n) is 9.99. The van der Waals surface area contributed by atoms with Crippen molar-refractivity contribution in [3.63, 3.8) is 0 Å². The van der Waals surface area contributed by atoms with Crippen LogP contribution in [0.3, 0.4) is 0 Å². The first kappa shape index (κ1) is 23.7. The largest absolute Gasteiger partial charge is 0.322 e. The van der Waals surface area contributed by atoms with Crippen LogP contribution in [0, 0.1) is 5.82 Å². The molecule has 0 bridgehead atoms. The molecule has 1 atom stereocenters. The van der Waals surface area contributed by atoms with Crippen LogP contribution >= 0.6 is 0 Å². The number of aryl methyl sites for hydroxylation is 1. The highest BCUT2D eigenvalue weighted by Gasteiger charge is 2.40. The van der Waals surface area contributed by atoms with Gasteiger partial charge in [-0.05, 0) is 86.8 Å². The van der Waals surface area contributed by atoms with Gasteiger partial charge >= 0.3 is 0 Å². The number of halogens is 1. The molecule has 3 aliphatic rings. The fourth-order valence-corrected chi connectivity index (χ4v) is 5.70. The minimum atomic E-state index is -0.677. The number of unbranched alkanes of at least 4 members (excludes halogenated alkanes) is 1.